The summed E-state index contributed by atoms with van der Waals surface area (Å²) in [4.78, 5) is 36.2. The zero-order valence-corrected chi connectivity index (χ0v) is 16.0. The smallest absolute Gasteiger partial charge is 0.326 e. The van der Waals surface area contributed by atoms with Gasteiger partial charge in [-0.2, -0.15) is 0 Å². The topological polar surface area (TPSA) is 72.4 Å². The molecule has 130 valence electrons. The number of hydrogen-bond acceptors (Lipinski definition) is 6. The van der Waals surface area contributed by atoms with E-state index in [-0.39, 0.29) is 12.5 Å². The van der Waals surface area contributed by atoms with Crippen LogP contribution in [0.1, 0.15) is 47.5 Å². The fourth-order valence-electron chi connectivity index (χ4n) is 2.49. The molecule has 0 fully saturated rings. The van der Waals surface area contributed by atoms with E-state index in [9.17, 15) is 9.59 Å². The first kappa shape index (κ1) is 18.3. The summed E-state index contributed by atoms with van der Waals surface area (Å²) in [7, 11) is 1.60. The van der Waals surface area contributed by atoms with Crippen LogP contribution in [0.5, 0.6) is 0 Å². The molecule has 2 aromatic heterocycles. The maximum atomic E-state index is 12.7. The third kappa shape index (κ3) is 3.90. The van der Waals surface area contributed by atoms with Crippen molar-refractivity contribution in [1.29, 1.82) is 0 Å². The Morgan fingerprint density at radius 3 is 2.38 bits per heavy atom. The van der Waals surface area contributed by atoms with E-state index in [4.69, 9.17) is 4.74 Å². The number of rotatable bonds is 3. The molecule has 0 unspecified atom stereocenters. The van der Waals surface area contributed by atoms with Crippen LogP contribution in [0.2, 0.25) is 0 Å². The molecule has 1 amide bonds. The molecule has 24 heavy (non-hydrogen) atoms. The molecule has 0 aliphatic rings. The fraction of sp³-hybridized carbons (Fsp3) is 0.529. The highest BCUT2D eigenvalue weighted by molar-refractivity contribution is 7.20. The number of aromatic nitrogens is 2. The molecule has 0 spiro atoms. The van der Waals surface area contributed by atoms with Crippen LogP contribution >= 0.6 is 11.3 Å². The lowest BCUT2D eigenvalue weighted by atomic mass is 10.1. The highest BCUT2D eigenvalue weighted by Gasteiger charge is 2.24. The first-order valence-electron chi connectivity index (χ1n) is 7.71. The third-order valence-corrected chi connectivity index (χ3v) is 4.58. The minimum atomic E-state index is -0.571. The van der Waals surface area contributed by atoms with Crippen LogP contribution < -0.4 is 0 Å². The average molecular weight is 349 g/mol. The van der Waals surface area contributed by atoms with Gasteiger partial charge in [0.2, 0.25) is 0 Å². The van der Waals surface area contributed by atoms with Gasteiger partial charge in [-0.3, -0.25) is 9.59 Å². The highest BCUT2D eigenvalue weighted by atomic mass is 32.1. The number of likely N-dealkylation sites (N-methyl/N-ethyl adjacent to an activating group) is 1. The largest absolute Gasteiger partial charge is 0.459 e. The highest BCUT2D eigenvalue weighted by Crippen LogP contribution is 2.31. The minimum absolute atomic E-state index is 0.0898. The van der Waals surface area contributed by atoms with Crippen molar-refractivity contribution in [3.05, 3.63) is 22.0 Å². The zero-order valence-electron chi connectivity index (χ0n) is 15.2. The summed E-state index contributed by atoms with van der Waals surface area (Å²) in [6.45, 7) is 10.9. The molecule has 6 nitrogen and oxygen atoms in total. The molecule has 2 heterocycles. The minimum Gasteiger partial charge on any atom is -0.459 e. The lowest BCUT2D eigenvalue weighted by Gasteiger charge is -2.22. The van der Waals surface area contributed by atoms with Gasteiger partial charge in [-0.05, 0) is 47.1 Å². The molecule has 0 saturated carbocycles. The van der Waals surface area contributed by atoms with E-state index in [0.29, 0.717) is 10.7 Å². The van der Waals surface area contributed by atoms with Gasteiger partial charge in [-0.25, -0.2) is 9.97 Å². The number of ether oxygens (including phenoxy) is 1. The quantitative estimate of drug-likeness (QED) is 0.797. The SMILES string of the molecule is Cc1nc(C)c2c(C)c(C(=O)N(C)CC(=O)OC(C)(C)C)sc2n1. The van der Waals surface area contributed by atoms with Gasteiger partial charge in [0.25, 0.3) is 5.91 Å². The van der Waals surface area contributed by atoms with Crippen LogP contribution in [0.15, 0.2) is 0 Å². The number of nitrogens with zero attached hydrogens (tertiary/aromatic N) is 3. The lowest BCUT2D eigenvalue weighted by Crippen LogP contribution is -2.36. The number of esters is 1. The molecule has 2 rings (SSSR count). The van der Waals surface area contributed by atoms with Gasteiger partial charge in [0.15, 0.2) is 0 Å². The summed E-state index contributed by atoms with van der Waals surface area (Å²) in [5.74, 6) is 0.0460. The normalized spacial score (nSPS) is 11.6. The maximum absolute atomic E-state index is 12.7. The average Bonchev–Trinajstić information content (AvgIpc) is 2.72. The van der Waals surface area contributed by atoms with E-state index >= 15 is 0 Å². The molecule has 0 aliphatic carbocycles. The second kappa shape index (κ2) is 6.47. The third-order valence-electron chi connectivity index (χ3n) is 3.41. The Bertz CT molecular complexity index is 805. The van der Waals surface area contributed by atoms with Crippen molar-refractivity contribution >= 4 is 33.4 Å². The van der Waals surface area contributed by atoms with Crippen molar-refractivity contribution in [2.75, 3.05) is 13.6 Å². The first-order chi connectivity index (χ1) is 11.0. The number of hydrogen-bond donors (Lipinski definition) is 0. The number of thiophene rings is 1. The summed E-state index contributed by atoms with van der Waals surface area (Å²) in [6, 6.07) is 0. The van der Waals surface area contributed by atoms with Crippen molar-refractivity contribution in [2.45, 2.75) is 47.1 Å². The van der Waals surface area contributed by atoms with E-state index < -0.39 is 11.6 Å². The molecular weight excluding hydrogens is 326 g/mol. The van der Waals surface area contributed by atoms with Crippen LogP contribution in [0.3, 0.4) is 0 Å². The standard InChI is InChI=1S/C17H23N3O3S/c1-9-13-10(2)18-11(3)19-15(13)24-14(9)16(22)20(7)8-12(21)23-17(4,5)6/h8H2,1-7H3. The molecule has 0 bridgehead atoms. The Balaban J connectivity index is 2.26. The van der Waals surface area contributed by atoms with Crippen molar-refractivity contribution < 1.29 is 14.3 Å². The zero-order chi connectivity index (χ0) is 18.2. The van der Waals surface area contributed by atoms with Gasteiger partial charge in [0, 0.05) is 18.1 Å². The summed E-state index contributed by atoms with van der Waals surface area (Å²) in [6.07, 6.45) is 0. The molecule has 0 saturated heterocycles. The number of carbonyl (C=O) groups excluding carboxylic acids is 2. The Labute approximate surface area is 145 Å². The Hall–Kier alpha value is -2.02. The summed E-state index contributed by atoms with van der Waals surface area (Å²) in [5, 5.41) is 0.916. The van der Waals surface area contributed by atoms with E-state index in [1.807, 2.05) is 20.8 Å². The molecule has 0 N–H and O–H groups in total. The van der Waals surface area contributed by atoms with Gasteiger partial charge in [0.1, 0.15) is 22.8 Å². The first-order valence-corrected chi connectivity index (χ1v) is 8.53. The lowest BCUT2D eigenvalue weighted by molar-refractivity contribution is -0.155. The van der Waals surface area contributed by atoms with E-state index in [0.717, 1.165) is 21.5 Å². The maximum Gasteiger partial charge on any atom is 0.326 e. The Morgan fingerprint density at radius 2 is 1.79 bits per heavy atom. The van der Waals surface area contributed by atoms with Crippen LogP contribution in [-0.4, -0.2) is 45.9 Å². The van der Waals surface area contributed by atoms with Crippen molar-refractivity contribution in [1.82, 2.24) is 14.9 Å². The van der Waals surface area contributed by atoms with Gasteiger partial charge in [-0.15, -0.1) is 11.3 Å². The van der Waals surface area contributed by atoms with Crippen LogP contribution in [0.4, 0.5) is 0 Å². The second-order valence-corrected chi connectivity index (χ2v) is 7.84. The summed E-state index contributed by atoms with van der Waals surface area (Å²) in [5.41, 5.74) is 1.15. The molecule has 0 aromatic carbocycles. The molecular formula is C17H23N3O3S. The van der Waals surface area contributed by atoms with Crippen molar-refractivity contribution in [3.8, 4) is 0 Å². The summed E-state index contributed by atoms with van der Waals surface area (Å²) < 4.78 is 5.27. The molecule has 0 radical (unpaired) electrons. The Morgan fingerprint density at radius 1 is 1.17 bits per heavy atom. The molecule has 0 atom stereocenters. The van der Waals surface area contributed by atoms with Gasteiger partial charge >= 0.3 is 5.97 Å². The number of carbonyl (C=O) groups is 2. The monoisotopic (exact) mass is 349 g/mol. The Kier molecular flexibility index (Phi) is 4.94. The van der Waals surface area contributed by atoms with Gasteiger partial charge < -0.3 is 9.64 Å². The van der Waals surface area contributed by atoms with E-state index in [1.54, 1.807) is 27.8 Å². The molecule has 2 aromatic rings. The van der Waals surface area contributed by atoms with Gasteiger partial charge in [-0.1, -0.05) is 0 Å². The van der Waals surface area contributed by atoms with E-state index in [1.165, 1.54) is 16.2 Å². The van der Waals surface area contributed by atoms with Gasteiger partial charge in [0.05, 0.1) is 4.88 Å². The predicted molar refractivity (Wildman–Crippen MR) is 94.4 cm³/mol. The predicted octanol–water partition coefficient (Wildman–Crippen LogP) is 3.03. The molecule has 0 aliphatic heterocycles. The van der Waals surface area contributed by atoms with Crippen molar-refractivity contribution in [2.24, 2.45) is 0 Å². The number of aryl methyl sites for hydroxylation is 3. The fourth-order valence-corrected chi connectivity index (χ4v) is 3.76. The van der Waals surface area contributed by atoms with Crippen LogP contribution in [-0.2, 0) is 9.53 Å². The summed E-state index contributed by atoms with van der Waals surface area (Å²) >= 11 is 1.33. The van der Waals surface area contributed by atoms with Crippen molar-refractivity contribution in [3.63, 3.8) is 0 Å². The van der Waals surface area contributed by atoms with E-state index in [2.05, 4.69) is 9.97 Å². The second-order valence-electron chi connectivity index (χ2n) is 6.84. The number of fused-ring (bicyclic) bond motifs is 1. The van der Waals surface area contributed by atoms with Crippen LogP contribution in [0, 0.1) is 20.8 Å². The molecule has 7 heteroatoms. The van der Waals surface area contributed by atoms with Crippen LogP contribution in [0.25, 0.3) is 10.2 Å². The number of amides is 1.